The summed E-state index contributed by atoms with van der Waals surface area (Å²) in [5, 5.41) is -1.27. The zero-order valence-electron chi connectivity index (χ0n) is 26.5. The van der Waals surface area contributed by atoms with Crippen LogP contribution in [0.25, 0.3) is 0 Å². The lowest BCUT2D eigenvalue weighted by molar-refractivity contribution is 0.271. The van der Waals surface area contributed by atoms with E-state index in [1.807, 2.05) is 0 Å². The van der Waals surface area contributed by atoms with Crippen LogP contribution in [0.1, 0.15) is 200 Å². The van der Waals surface area contributed by atoms with E-state index in [0.29, 0.717) is 19.3 Å². The van der Waals surface area contributed by atoms with Crippen molar-refractivity contribution in [3.8, 4) is 0 Å². The summed E-state index contributed by atoms with van der Waals surface area (Å²) in [7, 11) is -4.35. The number of rotatable bonds is 33. The third-order valence-corrected chi connectivity index (χ3v) is 9.79. The first kappa shape index (κ1) is 39.8. The third kappa shape index (κ3) is 27.9. The molecule has 2 unspecified atom stereocenters. The maximum absolute atomic E-state index is 14.6. The molecule has 0 aliphatic rings. The molecule has 2 atom stereocenters. The number of halogens is 2. The molecule has 6 heteroatoms. The monoisotopic (exact) mass is 594 g/mol. The highest BCUT2D eigenvalue weighted by molar-refractivity contribution is 7.86. The quantitative estimate of drug-likeness (QED) is 0.0607. The highest BCUT2D eigenvalue weighted by Gasteiger charge is 2.31. The van der Waals surface area contributed by atoms with Crippen molar-refractivity contribution in [1.82, 2.24) is 0 Å². The van der Waals surface area contributed by atoms with Crippen LogP contribution in [0.2, 0.25) is 0 Å². The van der Waals surface area contributed by atoms with Gasteiger partial charge in [0.1, 0.15) is 11.4 Å². The first-order chi connectivity index (χ1) is 19.4. The molecular formula is C34H68F2O3S. The summed E-state index contributed by atoms with van der Waals surface area (Å²) in [5.41, 5.74) is 0. The van der Waals surface area contributed by atoms with Crippen molar-refractivity contribution in [2.45, 2.75) is 211 Å². The lowest BCUT2D eigenvalue weighted by Gasteiger charge is -2.18. The molecule has 0 heterocycles. The van der Waals surface area contributed by atoms with Gasteiger partial charge in [-0.3, -0.25) is 8.94 Å². The van der Waals surface area contributed by atoms with Crippen molar-refractivity contribution in [2.75, 3.05) is 6.67 Å². The van der Waals surface area contributed by atoms with Gasteiger partial charge in [-0.2, -0.15) is 8.42 Å². The van der Waals surface area contributed by atoms with Crippen LogP contribution in [0.3, 0.4) is 0 Å². The van der Waals surface area contributed by atoms with Crippen LogP contribution in [0.5, 0.6) is 0 Å². The highest BCUT2D eigenvalue weighted by atomic mass is 32.2. The van der Waals surface area contributed by atoms with Gasteiger partial charge in [-0.1, -0.05) is 180 Å². The molecule has 0 rings (SSSR count). The van der Waals surface area contributed by atoms with Gasteiger partial charge in [0.15, 0.2) is 0 Å². The molecule has 0 aromatic heterocycles. The predicted octanol–water partition coefficient (Wildman–Crippen LogP) is 12.3. The van der Waals surface area contributed by atoms with Crippen LogP contribution in [-0.2, 0) is 10.1 Å². The van der Waals surface area contributed by atoms with E-state index >= 15 is 0 Å². The lowest BCUT2D eigenvalue weighted by Crippen LogP contribution is -2.31. The summed E-state index contributed by atoms with van der Waals surface area (Å²) in [4.78, 5) is 0. The highest BCUT2D eigenvalue weighted by Crippen LogP contribution is 2.23. The largest absolute Gasteiger partial charge is 0.285 e. The van der Waals surface area contributed by atoms with Gasteiger partial charge in [0.2, 0.25) is 0 Å². The fourth-order valence-corrected chi connectivity index (χ4v) is 6.77. The minimum Gasteiger partial charge on any atom is -0.285 e. The Balaban J connectivity index is 3.58. The minimum atomic E-state index is -4.35. The Hall–Kier alpha value is -0.230. The standard InChI is InChI=1S/C34H68F2O3S/c1-2-3-4-5-6-7-8-9-10-11-12-13-14-15-16-17-18-22-25-28-31-34(40(37,38)39)33(36)30-27-24-21-19-20-23-26-29-32-35/h33-34H,2-32H2,1H3,(H,37,38,39). The van der Waals surface area contributed by atoms with E-state index < -0.39 is 21.5 Å². The molecule has 0 aromatic carbocycles. The Kier molecular flexibility index (Phi) is 30.1. The van der Waals surface area contributed by atoms with Gasteiger partial charge < -0.3 is 0 Å². The van der Waals surface area contributed by atoms with Crippen LogP contribution in [0, 0.1) is 0 Å². The second kappa shape index (κ2) is 30.2. The smallest absolute Gasteiger partial charge is 0.270 e. The van der Waals surface area contributed by atoms with Gasteiger partial charge in [0, 0.05) is 0 Å². The Bertz CT molecular complexity index is 600. The second-order valence-corrected chi connectivity index (χ2v) is 14.0. The topological polar surface area (TPSA) is 54.4 Å². The molecule has 0 spiro atoms. The molecule has 0 radical (unpaired) electrons. The van der Waals surface area contributed by atoms with Crippen LogP contribution in [-0.4, -0.2) is 31.1 Å². The zero-order chi connectivity index (χ0) is 29.6. The predicted molar refractivity (Wildman–Crippen MR) is 170 cm³/mol. The Labute approximate surface area is 249 Å². The molecule has 0 fully saturated rings. The SMILES string of the molecule is CCCCCCCCCCCCCCCCCCCCCCC(C(F)CCCCCCCCCCF)S(=O)(=O)O. The van der Waals surface area contributed by atoms with E-state index in [9.17, 15) is 21.8 Å². The summed E-state index contributed by atoms with van der Waals surface area (Å²) in [6.45, 7) is 2.03. The fraction of sp³-hybridized carbons (Fsp3) is 1.00. The molecule has 40 heavy (non-hydrogen) atoms. The van der Waals surface area contributed by atoms with E-state index in [1.165, 1.54) is 103 Å². The van der Waals surface area contributed by atoms with Crippen molar-refractivity contribution >= 4 is 10.1 Å². The van der Waals surface area contributed by atoms with E-state index in [2.05, 4.69) is 6.92 Å². The molecule has 0 saturated carbocycles. The molecule has 0 saturated heterocycles. The van der Waals surface area contributed by atoms with Crippen molar-refractivity contribution in [3.05, 3.63) is 0 Å². The Morgan fingerprint density at radius 1 is 0.475 bits per heavy atom. The van der Waals surface area contributed by atoms with Gasteiger partial charge in [-0.05, 0) is 19.3 Å². The number of hydrogen-bond acceptors (Lipinski definition) is 2. The summed E-state index contributed by atoms with van der Waals surface area (Å²) in [6.07, 6.45) is 31.9. The first-order valence-electron chi connectivity index (χ1n) is 17.6. The molecule has 0 aliphatic heterocycles. The molecule has 3 nitrogen and oxygen atoms in total. The summed E-state index contributed by atoms with van der Waals surface area (Å²) >= 11 is 0. The van der Waals surface area contributed by atoms with Crippen LogP contribution < -0.4 is 0 Å². The van der Waals surface area contributed by atoms with Gasteiger partial charge in [-0.15, -0.1) is 0 Å². The van der Waals surface area contributed by atoms with Gasteiger partial charge >= 0.3 is 0 Å². The zero-order valence-corrected chi connectivity index (χ0v) is 27.3. The Morgan fingerprint density at radius 2 is 0.750 bits per heavy atom. The molecule has 0 aliphatic carbocycles. The number of alkyl halides is 2. The van der Waals surface area contributed by atoms with E-state index in [4.69, 9.17) is 0 Å². The van der Waals surface area contributed by atoms with Crippen molar-refractivity contribution in [2.24, 2.45) is 0 Å². The van der Waals surface area contributed by atoms with Crippen molar-refractivity contribution in [3.63, 3.8) is 0 Å². The minimum absolute atomic E-state index is 0.200. The van der Waals surface area contributed by atoms with Crippen LogP contribution in [0.4, 0.5) is 8.78 Å². The summed E-state index contributed by atoms with van der Waals surface area (Å²) in [5.74, 6) is 0. The molecular weight excluding hydrogens is 526 g/mol. The van der Waals surface area contributed by atoms with E-state index in [0.717, 1.165) is 57.8 Å². The van der Waals surface area contributed by atoms with E-state index in [-0.39, 0.29) is 19.5 Å². The van der Waals surface area contributed by atoms with Crippen LogP contribution >= 0.6 is 0 Å². The van der Waals surface area contributed by atoms with Crippen molar-refractivity contribution < 1.29 is 21.8 Å². The maximum Gasteiger partial charge on any atom is 0.270 e. The van der Waals surface area contributed by atoms with Gasteiger partial charge in [0.25, 0.3) is 10.1 Å². The molecule has 0 aromatic rings. The third-order valence-electron chi connectivity index (χ3n) is 8.49. The number of hydrogen-bond donors (Lipinski definition) is 1. The number of unbranched alkanes of at least 4 members (excludes halogenated alkanes) is 26. The van der Waals surface area contributed by atoms with E-state index in [1.54, 1.807) is 0 Å². The summed E-state index contributed by atoms with van der Waals surface area (Å²) in [6, 6.07) is 0. The molecule has 0 amide bonds. The molecule has 0 bridgehead atoms. The van der Waals surface area contributed by atoms with Crippen LogP contribution in [0.15, 0.2) is 0 Å². The Morgan fingerprint density at radius 3 is 1.05 bits per heavy atom. The lowest BCUT2D eigenvalue weighted by atomic mass is 10.0. The normalized spacial score (nSPS) is 13.6. The maximum atomic E-state index is 14.6. The molecule has 1 N–H and O–H groups in total. The fourth-order valence-electron chi connectivity index (χ4n) is 5.80. The van der Waals surface area contributed by atoms with Crippen molar-refractivity contribution in [1.29, 1.82) is 0 Å². The summed E-state index contributed by atoms with van der Waals surface area (Å²) < 4.78 is 59.8. The first-order valence-corrected chi connectivity index (χ1v) is 19.1. The average Bonchev–Trinajstić information content (AvgIpc) is 2.92. The molecule has 242 valence electrons. The second-order valence-electron chi connectivity index (χ2n) is 12.4. The van der Waals surface area contributed by atoms with Gasteiger partial charge in [-0.25, -0.2) is 4.39 Å². The van der Waals surface area contributed by atoms with Gasteiger partial charge in [0.05, 0.1) is 6.67 Å². The average molecular weight is 595 g/mol.